The highest BCUT2D eigenvalue weighted by Crippen LogP contribution is 2.53. The lowest BCUT2D eigenvalue weighted by Gasteiger charge is -2.49. The standard InChI is InChI=1S/C58H82Cl2O32/c1-19(2)50(69)84-46-44-30(89-58(90-44)49-48(76-18-77-49)57(71,24(7)62)25(8)88-58)17-75-53(46)86-54-45(73-11)38(67)42(28(15-61)80-54)85-52-39(68)43(29(72-10)16-74-52)82-32-14-55(9)47(23(6)79-32)91-56(92-55)13-27(64)41(22(5)87-56)81-31-12-26(63)40(21(4)78-31)83-51(70)33-20(3)34(59)37(66)35(60)36(33)65/h19,21-23,25-32,38-49,52-54,61,63-68,71H,12-18H2,1-11H3/t21-,22-,23-,25-,26-,27-,28-,29+,30+,31+,32+,38+,39-,40-,41-,42-,43+,44-,45+,46-,47-,48-,49-,52+,53-,54+,55-,56?,57+,58-/m1/s1. The summed E-state index contributed by atoms with van der Waals surface area (Å²) in [6.07, 6.45) is -33.1. The van der Waals surface area contributed by atoms with Gasteiger partial charge in [0, 0.05) is 27.1 Å². The van der Waals surface area contributed by atoms with Crippen molar-refractivity contribution < 1.29 is 155 Å². The number of ketones is 1. The van der Waals surface area contributed by atoms with Gasteiger partial charge in [0.15, 0.2) is 66.4 Å². The monoisotopic (exact) mass is 1360 g/mol. The van der Waals surface area contributed by atoms with Gasteiger partial charge < -0.3 is 140 Å². The van der Waals surface area contributed by atoms with Gasteiger partial charge in [0.1, 0.15) is 96.2 Å². The molecule has 32 nitrogen and oxygen atoms in total. The number of methoxy groups -OCH3 is 2. The van der Waals surface area contributed by atoms with E-state index in [0.29, 0.717) is 0 Å². The van der Waals surface area contributed by atoms with Gasteiger partial charge in [-0.05, 0) is 54.0 Å². The SMILES string of the molecule is CO[C@@H]1[C@H](O[C@H]2OC[C@@H]3O[C@]4(O[C@H]3[C@H]2OC(=O)C(C)C)O[C@H](C)[C@@](O)(C(C)=O)[C@@H]2OCO[C@H]24)O[C@H](CO)[C@@H](O[C@@H]2OC[C@H](OC)[C@H](O[C@H]3C[C@@]4(C)OC5(C[C@@H](O)[C@H](O[C@H]6C[C@@H](O)[C@H](OC(=O)c7c(C)c(Cl)c(O)c(Cl)c7O)[C@@H](C)O6)[C@@H](C)O5)O[C@@H]4[C@@H](C)O3)[C@H]2O)[C@@H]1O. The second-order valence-corrected chi connectivity index (χ2v) is 26.1. The maximum Gasteiger partial charge on any atom is 0.342 e. The molecule has 0 aromatic heterocycles. The van der Waals surface area contributed by atoms with E-state index < -0.39 is 235 Å². The minimum absolute atomic E-state index is 0.00970. The van der Waals surface area contributed by atoms with Crippen LogP contribution in [0.5, 0.6) is 11.5 Å². The Balaban J connectivity index is 0.707. The second kappa shape index (κ2) is 27.0. The van der Waals surface area contributed by atoms with E-state index in [4.69, 9.17) is 123 Å². The molecular formula is C58H82Cl2O32. The fourth-order valence-electron chi connectivity index (χ4n) is 13.9. The molecule has 0 saturated carbocycles. The molecule has 10 aliphatic rings. The summed E-state index contributed by atoms with van der Waals surface area (Å²) in [4.78, 5) is 39.4. The number of hydrogen-bond donors (Lipinski definition) is 8. The van der Waals surface area contributed by atoms with Crippen LogP contribution in [0.3, 0.4) is 0 Å². The Kier molecular flexibility index (Phi) is 20.7. The van der Waals surface area contributed by atoms with Gasteiger partial charge in [0.05, 0.1) is 73.8 Å². The molecule has 1 unspecified atom stereocenters. The highest BCUT2D eigenvalue weighted by Gasteiger charge is 2.73. The average molecular weight is 1360 g/mol. The molecule has 34 heteroatoms. The van der Waals surface area contributed by atoms with Gasteiger partial charge in [-0.3, -0.25) is 9.59 Å². The summed E-state index contributed by atoms with van der Waals surface area (Å²) in [5, 5.41) is 89.2. The summed E-state index contributed by atoms with van der Waals surface area (Å²) >= 11 is 12.1. The second-order valence-electron chi connectivity index (χ2n) is 25.3. The van der Waals surface area contributed by atoms with Crippen LogP contribution in [-0.2, 0) is 109 Å². The first-order valence-corrected chi connectivity index (χ1v) is 31.2. The number of Topliss-reactive ketones (excluding diaryl/α,β-unsaturated/α-hetero) is 1. The normalized spacial score (nSPS) is 47.7. The van der Waals surface area contributed by atoms with Crippen LogP contribution in [0, 0.1) is 12.8 Å². The Morgan fingerprint density at radius 3 is 2.02 bits per heavy atom. The van der Waals surface area contributed by atoms with Crippen molar-refractivity contribution in [2.45, 2.75) is 264 Å². The van der Waals surface area contributed by atoms with Crippen LogP contribution in [0.2, 0.25) is 10.0 Å². The van der Waals surface area contributed by atoms with Crippen LogP contribution >= 0.6 is 23.2 Å². The predicted octanol–water partition coefficient (Wildman–Crippen LogP) is -0.294. The number of benzene rings is 1. The van der Waals surface area contributed by atoms with E-state index in [1.807, 2.05) is 0 Å². The van der Waals surface area contributed by atoms with Crippen molar-refractivity contribution >= 4 is 40.9 Å². The van der Waals surface area contributed by atoms with Crippen LogP contribution in [0.1, 0.15) is 90.6 Å². The van der Waals surface area contributed by atoms with E-state index in [0.717, 1.165) is 0 Å². The Morgan fingerprint density at radius 1 is 0.663 bits per heavy atom. The van der Waals surface area contributed by atoms with E-state index in [1.54, 1.807) is 34.6 Å². The lowest BCUT2D eigenvalue weighted by Crippen LogP contribution is -2.72. The number of rotatable bonds is 16. The third-order valence-corrected chi connectivity index (χ3v) is 19.6. The number of carbonyl (C=O) groups excluding carboxylic acids is 3. The van der Waals surface area contributed by atoms with E-state index in [2.05, 4.69) is 0 Å². The molecule has 30 atom stereocenters. The average Bonchev–Trinajstić information content (AvgIpc) is 1.53. The van der Waals surface area contributed by atoms with Crippen molar-refractivity contribution in [1.82, 2.24) is 0 Å². The van der Waals surface area contributed by atoms with Crippen molar-refractivity contribution in [2.24, 2.45) is 5.92 Å². The van der Waals surface area contributed by atoms with Crippen molar-refractivity contribution in [3.63, 3.8) is 0 Å². The first-order valence-electron chi connectivity index (χ1n) is 30.5. The highest BCUT2D eigenvalue weighted by molar-refractivity contribution is 6.39. The van der Waals surface area contributed by atoms with E-state index in [-0.39, 0.29) is 49.9 Å². The zero-order valence-electron chi connectivity index (χ0n) is 52.2. The summed E-state index contributed by atoms with van der Waals surface area (Å²) in [7, 11) is 2.63. The molecule has 520 valence electrons. The lowest BCUT2D eigenvalue weighted by molar-refractivity contribution is -0.428. The first-order chi connectivity index (χ1) is 43.4. The van der Waals surface area contributed by atoms with E-state index in [9.17, 15) is 55.2 Å². The summed E-state index contributed by atoms with van der Waals surface area (Å²) in [5.41, 5.74) is -3.77. The Morgan fingerprint density at radius 2 is 1.36 bits per heavy atom. The topological polar surface area (TPSA) is 407 Å². The summed E-state index contributed by atoms with van der Waals surface area (Å²) in [6, 6.07) is 0. The molecule has 1 aromatic rings. The van der Waals surface area contributed by atoms with Crippen molar-refractivity contribution in [2.75, 3.05) is 40.8 Å². The van der Waals surface area contributed by atoms with Crippen molar-refractivity contribution in [1.29, 1.82) is 0 Å². The Bertz CT molecular complexity index is 2790. The number of phenols is 2. The molecule has 0 bridgehead atoms. The minimum Gasteiger partial charge on any atom is -0.505 e. The predicted molar refractivity (Wildman–Crippen MR) is 298 cm³/mol. The number of ether oxygens (including phenoxy) is 21. The highest BCUT2D eigenvalue weighted by atomic mass is 35.5. The number of aromatic hydroxyl groups is 2. The minimum atomic E-state index is -2.14. The van der Waals surface area contributed by atoms with Crippen LogP contribution in [0.4, 0.5) is 0 Å². The van der Waals surface area contributed by atoms with Crippen molar-refractivity contribution in [3.8, 4) is 11.5 Å². The van der Waals surface area contributed by atoms with Gasteiger partial charge in [0.2, 0.25) is 6.29 Å². The van der Waals surface area contributed by atoms with Crippen LogP contribution < -0.4 is 0 Å². The van der Waals surface area contributed by atoms with Gasteiger partial charge in [-0.15, -0.1) is 0 Å². The zero-order valence-corrected chi connectivity index (χ0v) is 53.7. The molecule has 10 aliphatic heterocycles. The quantitative estimate of drug-likeness (QED) is 0.0986. The third-order valence-electron chi connectivity index (χ3n) is 18.7. The summed E-state index contributed by atoms with van der Waals surface area (Å²) in [6.45, 7) is 12.2. The smallest absolute Gasteiger partial charge is 0.342 e. The maximum absolute atomic E-state index is 13.4. The van der Waals surface area contributed by atoms with Crippen molar-refractivity contribution in [3.05, 3.63) is 21.2 Å². The van der Waals surface area contributed by atoms with Gasteiger partial charge in [-0.1, -0.05) is 37.0 Å². The Hall–Kier alpha value is -2.99. The molecule has 0 radical (unpaired) electrons. The molecular weight excluding hydrogens is 1280 g/mol. The van der Waals surface area contributed by atoms with Gasteiger partial charge in [-0.2, -0.15) is 0 Å². The number of aliphatic hydroxyl groups excluding tert-OH is 5. The summed E-state index contributed by atoms with van der Waals surface area (Å²) < 4.78 is 129. The van der Waals surface area contributed by atoms with Gasteiger partial charge >= 0.3 is 17.9 Å². The molecule has 92 heavy (non-hydrogen) atoms. The molecule has 10 heterocycles. The zero-order chi connectivity index (χ0) is 66.6. The number of phenolic OH excluding ortho intramolecular Hbond substituents is 2. The number of aliphatic hydroxyl groups is 6. The molecule has 2 spiro atoms. The van der Waals surface area contributed by atoms with Crippen LogP contribution in [0.15, 0.2) is 0 Å². The molecule has 0 aliphatic carbocycles. The van der Waals surface area contributed by atoms with Gasteiger partial charge in [-0.25, -0.2) is 4.79 Å². The first kappa shape index (κ1) is 70.3. The number of halogens is 2. The molecule has 0 amide bonds. The van der Waals surface area contributed by atoms with Gasteiger partial charge in [0.25, 0.3) is 5.97 Å². The lowest BCUT2D eigenvalue weighted by atomic mass is 9.81. The van der Waals surface area contributed by atoms with E-state index >= 15 is 0 Å². The molecule has 8 N–H and O–H groups in total. The number of carbonyl (C=O) groups is 3. The van der Waals surface area contributed by atoms with Crippen LogP contribution in [-0.4, -0.2) is 282 Å². The fourth-order valence-corrected chi connectivity index (χ4v) is 14.3. The Labute approximate surface area is 537 Å². The molecule has 10 fully saturated rings. The maximum atomic E-state index is 13.4. The van der Waals surface area contributed by atoms with Crippen LogP contribution in [0.25, 0.3) is 0 Å². The third kappa shape index (κ3) is 12.6. The summed E-state index contributed by atoms with van der Waals surface area (Å²) in [5.74, 6) is -8.38. The number of esters is 2. The largest absolute Gasteiger partial charge is 0.505 e. The fraction of sp³-hybridized carbons (Fsp3) is 0.845. The molecule has 1 aromatic carbocycles. The number of fused-ring (bicyclic) bond motifs is 4. The van der Waals surface area contributed by atoms with E-state index in [1.165, 1.54) is 41.9 Å². The molecule has 11 rings (SSSR count). The number of hydrogen-bond acceptors (Lipinski definition) is 32. The molecule has 10 saturated heterocycles.